The van der Waals surface area contributed by atoms with Gasteiger partial charge in [0.15, 0.2) is 0 Å². The number of H-pyrrole nitrogens is 1. The fourth-order valence-electron chi connectivity index (χ4n) is 2.39. The van der Waals surface area contributed by atoms with Gasteiger partial charge in [0.2, 0.25) is 0 Å². The minimum Gasteiger partial charge on any atom is -0.444 e. The van der Waals surface area contributed by atoms with Gasteiger partial charge < -0.3 is 9.64 Å². The summed E-state index contributed by atoms with van der Waals surface area (Å²) >= 11 is 0. The molecule has 0 spiro atoms. The van der Waals surface area contributed by atoms with Crippen LogP contribution in [0.1, 0.15) is 45.3 Å². The van der Waals surface area contributed by atoms with E-state index in [0.29, 0.717) is 25.9 Å². The summed E-state index contributed by atoms with van der Waals surface area (Å²) in [5, 5.41) is 8.79. The number of nitrogens with one attached hydrogen (secondary N) is 1. The maximum absolute atomic E-state index is 12.0. The SMILES string of the molecule is CC(C)(C)OC(=O)N1CCC(n2cc(C#N)[nH]c2=O)CC1. The first-order chi connectivity index (χ1) is 9.80. The molecular weight excluding hydrogens is 272 g/mol. The molecule has 1 aliphatic heterocycles. The average molecular weight is 292 g/mol. The molecule has 0 radical (unpaired) electrons. The van der Waals surface area contributed by atoms with Crippen LogP contribution in [0.25, 0.3) is 0 Å². The van der Waals surface area contributed by atoms with Crippen LogP contribution in [0.15, 0.2) is 11.0 Å². The highest BCUT2D eigenvalue weighted by Gasteiger charge is 2.28. The van der Waals surface area contributed by atoms with Crippen LogP contribution >= 0.6 is 0 Å². The highest BCUT2D eigenvalue weighted by atomic mass is 16.6. The summed E-state index contributed by atoms with van der Waals surface area (Å²) in [7, 11) is 0. The predicted molar refractivity (Wildman–Crippen MR) is 75.8 cm³/mol. The van der Waals surface area contributed by atoms with E-state index in [1.54, 1.807) is 9.47 Å². The van der Waals surface area contributed by atoms with Crippen molar-refractivity contribution in [2.24, 2.45) is 0 Å². The van der Waals surface area contributed by atoms with Crippen molar-refractivity contribution in [1.29, 1.82) is 5.26 Å². The smallest absolute Gasteiger partial charge is 0.410 e. The van der Waals surface area contributed by atoms with Crippen molar-refractivity contribution in [1.82, 2.24) is 14.5 Å². The number of rotatable bonds is 1. The topological polar surface area (TPSA) is 91.1 Å². The standard InChI is InChI=1S/C14H20N4O3/c1-14(2,3)21-13(20)17-6-4-11(5-7-17)18-9-10(8-15)16-12(18)19/h9,11H,4-7H2,1-3H3,(H,16,19). The fraction of sp³-hybridized carbons (Fsp3) is 0.643. The number of hydrogen-bond donors (Lipinski definition) is 1. The van der Waals surface area contributed by atoms with E-state index in [-0.39, 0.29) is 23.5 Å². The normalized spacial score (nSPS) is 16.6. The van der Waals surface area contributed by atoms with Gasteiger partial charge in [0, 0.05) is 25.3 Å². The van der Waals surface area contributed by atoms with Crippen LogP contribution in [0, 0.1) is 11.3 Å². The Morgan fingerprint density at radius 2 is 2.05 bits per heavy atom. The van der Waals surface area contributed by atoms with Crippen molar-refractivity contribution in [3.05, 3.63) is 22.4 Å². The number of carbonyl (C=O) groups excluding carboxylic acids is 1. The Balaban J connectivity index is 1.97. The summed E-state index contributed by atoms with van der Waals surface area (Å²) in [4.78, 5) is 27.9. The zero-order valence-corrected chi connectivity index (χ0v) is 12.5. The third-order valence-corrected chi connectivity index (χ3v) is 3.37. The third kappa shape index (κ3) is 3.66. The molecule has 0 bridgehead atoms. The van der Waals surface area contributed by atoms with Crippen LogP contribution in [-0.4, -0.2) is 39.2 Å². The second-order valence-corrected chi connectivity index (χ2v) is 6.19. The van der Waals surface area contributed by atoms with Crippen molar-refractivity contribution in [3.8, 4) is 6.07 Å². The largest absolute Gasteiger partial charge is 0.444 e. The van der Waals surface area contributed by atoms with Gasteiger partial charge in [-0.25, -0.2) is 9.59 Å². The number of amides is 1. The number of likely N-dealkylation sites (tertiary alicyclic amines) is 1. The molecule has 0 saturated carbocycles. The van der Waals surface area contributed by atoms with Gasteiger partial charge in [-0.15, -0.1) is 0 Å². The van der Waals surface area contributed by atoms with Crippen LogP contribution in [0.4, 0.5) is 4.79 Å². The number of ether oxygens (including phenoxy) is 1. The molecule has 1 N–H and O–H groups in total. The first kappa shape index (κ1) is 15.2. The molecular formula is C14H20N4O3. The van der Waals surface area contributed by atoms with Crippen LogP contribution in [0.2, 0.25) is 0 Å². The van der Waals surface area contributed by atoms with E-state index >= 15 is 0 Å². The van der Waals surface area contributed by atoms with E-state index in [1.807, 2.05) is 26.8 Å². The molecule has 21 heavy (non-hydrogen) atoms. The molecule has 2 heterocycles. The summed E-state index contributed by atoms with van der Waals surface area (Å²) in [6.45, 7) is 6.58. The lowest BCUT2D eigenvalue weighted by Crippen LogP contribution is -2.42. The lowest BCUT2D eigenvalue weighted by atomic mass is 10.1. The van der Waals surface area contributed by atoms with E-state index in [2.05, 4.69) is 4.98 Å². The Morgan fingerprint density at radius 3 is 2.52 bits per heavy atom. The summed E-state index contributed by atoms with van der Waals surface area (Å²) in [6, 6.07) is 1.93. The van der Waals surface area contributed by atoms with Gasteiger partial charge in [-0.05, 0) is 33.6 Å². The number of nitrogens with zero attached hydrogens (tertiary/aromatic N) is 3. The number of imidazole rings is 1. The molecule has 7 heteroatoms. The van der Waals surface area contributed by atoms with Gasteiger partial charge in [0.25, 0.3) is 0 Å². The van der Waals surface area contributed by atoms with Crippen molar-refractivity contribution in [3.63, 3.8) is 0 Å². The quantitative estimate of drug-likeness (QED) is 0.851. The molecule has 0 atom stereocenters. The summed E-state index contributed by atoms with van der Waals surface area (Å²) < 4.78 is 6.88. The van der Waals surface area contributed by atoms with Gasteiger partial charge in [-0.3, -0.25) is 9.55 Å². The van der Waals surface area contributed by atoms with E-state index in [0.717, 1.165) is 0 Å². The highest BCUT2D eigenvalue weighted by Crippen LogP contribution is 2.22. The molecule has 1 fully saturated rings. The van der Waals surface area contributed by atoms with Gasteiger partial charge in [-0.2, -0.15) is 5.26 Å². The summed E-state index contributed by atoms with van der Waals surface area (Å²) in [5.74, 6) is 0. The number of nitriles is 1. The van der Waals surface area contributed by atoms with Gasteiger partial charge in [0.05, 0.1) is 0 Å². The lowest BCUT2D eigenvalue weighted by Gasteiger charge is -2.33. The molecule has 0 aromatic carbocycles. The van der Waals surface area contributed by atoms with Gasteiger partial charge >= 0.3 is 11.8 Å². The minimum absolute atomic E-state index is 0.00883. The average Bonchev–Trinajstić information content (AvgIpc) is 2.78. The van der Waals surface area contributed by atoms with Crippen LogP contribution < -0.4 is 5.69 Å². The summed E-state index contributed by atoms with van der Waals surface area (Å²) in [6.07, 6.45) is 2.56. The third-order valence-electron chi connectivity index (χ3n) is 3.37. The number of aromatic amines is 1. The Bertz CT molecular complexity index is 609. The Kier molecular flexibility index (Phi) is 4.07. The number of hydrogen-bond acceptors (Lipinski definition) is 4. The number of aromatic nitrogens is 2. The molecule has 1 amide bonds. The molecule has 0 aliphatic carbocycles. The number of carbonyl (C=O) groups is 1. The molecule has 1 saturated heterocycles. The zero-order valence-electron chi connectivity index (χ0n) is 12.5. The monoisotopic (exact) mass is 292 g/mol. The highest BCUT2D eigenvalue weighted by molar-refractivity contribution is 5.68. The minimum atomic E-state index is -0.507. The predicted octanol–water partition coefficient (Wildman–Crippen LogP) is 1.62. The van der Waals surface area contributed by atoms with Gasteiger partial charge in [-0.1, -0.05) is 0 Å². The van der Waals surface area contributed by atoms with Crippen molar-refractivity contribution >= 4 is 6.09 Å². The Hall–Kier alpha value is -2.23. The van der Waals surface area contributed by atoms with Crippen molar-refractivity contribution in [2.45, 2.75) is 45.3 Å². The van der Waals surface area contributed by atoms with Crippen molar-refractivity contribution < 1.29 is 9.53 Å². The molecule has 0 unspecified atom stereocenters. The molecule has 2 rings (SSSR count). The second kappa shape index (κ2) is 5.64. The summed E-state index contributed by atoms with van der Waals surface area (Å²) in [5.41, 5.74) is -0.524. The maximum atomic E-state index is 12.0. The molecule has 7 nitrogen and oxygen atoms in total. The second-order valence-electron chi connectivity index (χ2n) is 6.19. The van der Waals surface area contributed by atoms with E-state index in [9.17, 15) is 9.59 Å². The van der Waals surface area contributed by atoms with Crippen molar-refractivity contribution in [2.75, 3.05) is 13.1 Å². The molecule has 1 aromatic rings. The molecule has 114 valence electrons. The van der Waals surface area contributed by atoms with Crippen LogP contribution in [-0.2, 0) is 4.74 Å². The molecule has 1 aliphatic rings. The fourth-order valence-corrected chi connectivity index (χ4v) is 2.39. The first-order valence-electron chi connectivity index (χ1n) is 6.99. The van der Waals surface area contributed by atoms with E-state index < -0.39 is 5.60 Å². The zero-order chi connectivity index (χ0) is 15.6. The Labute approximate surface area is 123 Å². The maximum Gasteiger partial charge on any atom is 0.410 e. The van der Waals surface area contributed by atoms with Crippen LogP contribution in [0.5, 0.6) is 0 Å². The van der Waals surface area contributed by atoms with E-state index in [1.165, 1.54) is 6.20 Å². The lowest BCUT2D eigenvalue weighted by molar-refractivity contribution is 0.0187. The molecule has 1 aromatic heterocycles. The number of piperidine rings is 1. The van der Waals surface area contributed by atoms with E-state index in [4.69, 9.17) is 10.00 Å². The van der Waals surface area contributed by atoms with Crippen LogP contribution in [0.3, 0.4) is 0 Å². The Morgan fingerprint density at radius 1 is 1.43 bits per heavy atom. The first-order valence-corrected chi connectivity index (χ1v) is 6.99. The van der Waals surface area contributed by atoms with Gasteiger partial charge in [0.1, 0.15) is 17.4 Å².